The monoisotopic (exact) mass is 130 g/mol. The van der Waals surface area contributed by atoms with E-state index in [1.807, 2.05) is 4.90 Å². The molecule has 2 heteroatoms. The van der Waals surface area contributed by atoms with Crippen molar-refractivity contribution in [2.75, 3.05) is 13.1 Å². The zero-order valence-corrected chi connectivity index (χ0v) is 6.29. The molecule has 0 rings (SSSR count). The first-order chi connectivity index (χ1) is 3.85. The van der Waals surface area contributed by atoms with E-state index in [4.69, 9.17) is 0 Å². The summed E-state index contributed by atoms with van der Waals surface area (Å²) in [7, 11) is 0. The summed E-state index contributed by atoms with van der Waals surface area (Å²) < 4.78 is 0. The minimum Gasteiger partial charge on any atom is -0.361 e. The van der Waals surface area contributed by atoms with Crippen LogP contribution in [0.4, 0.5) is 0 Å². The van der Waals surface area contributed by atoms with Crippen molar-refractivity contribution in [1.29, 1.82) is 0 Å². The van der Waals surface area contributed by atoms with Crippen molar-refractivity contribution in [3.05, 3.63) is 0 Å². The number of thiocarbonyl (C=S) groups is 1. The lowest BCUT2D eigenvalue weighted by molar-refractivity contribution is 0.458. The first-order valence-corrected chi connectivity index (χ1v) is 3.38. The summed E-state index contributed by atoms with van der Waals surface area (Å²) in [6.07, 6.45) is 1.15. The van der Waals surface area contributed by atoms with E-state index in [1.54, 1.807) is 0 Å². The molecule has 47 valence electrons. The van der Waals surface area contributed by atoms with Gasteiger partial charge in [0.15, 0.2) is 0 Å². The highest BCUT2D eigenvalue weighted by Gasteiger charge is 1.90. The normalized spacial score (nSPS) is 8.75. The van der Waals surface area contributed by atoms with Gasteiger partial charge in [0.05, 0.1) is 0 Å². The van der Waals surface area contributed by atoms with Crippen LogP contribution in [0.2, 0.25) is 0 Å². The van der Waals surface area contributed by atoms with Gasteiger partial charge in [-0.05, 0) is 13.3 Å². The van der Waals surface area contributed by atoms with E-state index in [2.05, 4.69) is 31.6 Å². The molecule has 0 aliphatic rings. The van der Waals surface area contributed by atoms with Gasteiger partial charge in [-0.1, -0.05) is 19.1 Å². The predicted octanol–water partition coefficient (Wildman–Crippen LogP) is 1.55. The largest absolute Gasteiger partial charge is 0.361 e. The molecular formula is C6H12NS. The van der Waals surface area contributed by atoms with Crippen molar-refractivity contribution in [2.45, 2.75) is 20.3 Å². The molecule has 0 saturated carbocycles. The van der Waals surface area contributed by atoms with E-state index in [9.17, 15) is 0 Å². The molecule has 0 aromatic carbocycles. The molecule has 1 nitrogen and oxygen atoms in total. The summed E-state index contributed by atoms with van der Waals surface area (Å²) in [4.78, 5) is 2.00. The molecule has 0 atom stereocenters. The van der Waals surface area contributed by atoms with Gasteiger partial charge in [-0.15, -0.1) is 0 Å². The van der Waals surface area contributed by atoms with E-state index >= 15 is 0 Å². The third-order valence-electron chi connectivity index (χ3n) is 1.00. The zero-order valence-electron chi connectivity index (χ0n) is 5.48. The maximum absolute atomic E-state index is 4.61. The highest BCUT2D eigenvalue weighted by atomic mass is 32.1. The maximum Gasteiger partial charge on any atom is 0.136 e. The van der Waals surface area contributed by atoms with Crippen LogP contribution in [-0.4, -0.2) is 23.5 Å². The van der Waals surface area contributed by atoms with Gasteiger partial charge in [-0.25, -0.2) is 0 Å². The number of nitrogens with zero attached hydrogens (tertiary/aromatic N) is 1. The minimum absolute atomic E-state index is 0.983. The summed E-state index contributed by atoms with van der Waals surface area (Å²) in [5.41, 5.74) is 2.67. The quantitative estimate of drug-likeness (QED) is 0.419. The van der Waals surface area contributed by atoms with Crippen molar-refractivity contribution in [3.8, 4) is 0 Å². The average molecular weight is 130 g/mol. The molecular weight excluding hydrogens is 118 g/mol. The first-order valence-electron chi connectivity index (χ1n) is 2.97. The van der Waals surface area contributed by atoms with E-state index < -0.39 is 0 Å². The average Bonchev–Trinajstić information content (AvgIpc) is 1.83. The van der Waals surface area contributed by atoms with E-state index in [0.717, 1.165) is 19.5 Å². The third-order valence-corrected chi connectivity index (χ3v) is 1.26. The van der Waals surface area contributed by atoms with Crippen molar-refractivity contribution >= 4 is 17.7 Å². The SMILES string of the molecule is CCCN([C]=S)CC. The zero-order chi connectivity index (χ0) is 6.41. The van der Waals surface area contributed by atoms with Crippen LogP contribution in [0.1, 0.15) is 20.3 Å². The molecule has 0 spiro atoms. The van der Waals surface area contributed by atoms with Gasteiger partial charge in [0.25, 0.3) is 0 Å². The van der Waals surface area contributed by atoms with Gasteiger partial charge >= 0.3 is 0 Å². The van der Waals surface area contributed by atoms with Gasteiger partial charge in [0.2, 0.25) is 0 Å². The Morgan fingerprint density at radius 2 is 2.12 bits per heavy atom. The Labute approximate surface area is 56.7 Å². The minimum atomic E-state index is 0.983. The van der Waals surface area contributed by atoms with Crippen molar-refractivity contribution in [2.24, 2.45) is 0 Å². The smallest absolute Gasteiger partial charge is 0.136 e. The second-order valence-corrected chi connectivity index (χ2v) is 1.85. The van der Waals surface area contributed by atoms with Crippen LogP contribution in [0.3, 0.4) is 0 Å². The molecule has 0 heterocycles. The van der Waals surface area contributed by atoms with Crippen LogP contribution in [0.25, 0.3) is 0 Å². The number of hydrogen-bond donors (Lipinski definition) is 0. The first kappa shape index (κ1) is 7.89. The Bertz CT molecular complexity index is 63.5. The Kier molecular flexibility index (Phi) is 4.97. The molecule has 8 heavy (non-hydrogen) atoms. The highest BCUT2D eigenvalue weighted by molar-refractivity contribution is 7.78. The summed E-state index contributed by atoms with van der Waals surface area (Å²) >= 11 is 4.61. The lowest BCUT2D eigenvalue weighted by Gasteiger charge is -2.12. The van der Waals surface area contributed by atoms with Gasteiger partial charge in [0.1, 0.15) is 5.49 Å². The molecule has 1 radical (unpaired) electrons. The Morgan fingerprint density at radius 3 is 2.25 bits per heavy atom. The molecule has 0 N–H and O–H groups in total. The third kappa shape index (κ3) is 2.97. The molecule has 0 aromatic heterocycles. The van der Waals surface area contributed by atoms with E-state index in [-0.39, 0.29) is 0 Å². The summed E-state index contributed by atoms with van der Waals surface area (Å²) in [5, 5.41) is 0. The van der Waals surface area contributed by atoms with Crippen LogP contribution in [0.5, 0.6) is 0 Å². The van der Waals surface area contributed by atoms with Gasteiger partial charge in [-0.3, -0.25) is 0 Å². The summed E-state index contributed by atoms with van der Waals surface area (Å²) in [6.45, 7) is 6.24. The fraction of sp³-hybridized carbons (Fsp3) is 0.833. The Hall–Kier alpha value is -0.110. The second-order valence-electron chi connectivity index (χ2n) is 1.67. The molecule has 0 aliphatic carbocycles. The van der Waals surface area contributed by atoms with Crippen LogP contribution in [-0.2, 0) is 0 Å². The van der Waals surface area contributed by atoms with Crippen LogP contribution in [0.15, 0.2) is 0 Å². The van der Waals surface area contributed by atoms with Crippen LogP contribution in [0, 0.1) is 0 Å². The number of hydrogen-bond acceptors (Lipinski definition) is 1. The molecule has 0 saturated heterocycles. The highest BCUT2D eigenvalue weighted by Crippen LogP contribution is 1.84. The maximum atomic E-state index is 4.61. The molecule has 0 aliphatic heterocycles. The topological polar surface area (TPSA) is 3.24 Å². The van der Waals surface area contributed by atoms with E-state index in [0.29, 0.717) is 0 Å². The molecule has 0 aromatic rings. The van der Waals surface area contributed by atoms with Crippen molar-refractivity contribution in [1.82, 2.24) is 4.90 Å². The fourth-order valence-electron chi connectivity index (χ4n) is 0.538. The fourth-order valence-corrected chi connectivity index (χ4v) is 0.759. The van der Waals surface area contributed by atoms with Gasteiger partial charge < -0.3 is 4.90 Å². The van der Waals surface area contributed by atoms with Crippen molar-refractivity contribution in [3.63, 3.8) is 0 Å². The van der Waals surface area contributed by atoms with E-state index in [1.165, 1.54) is 0 Å². The van der Waals surface area contributed by atoms with Crippen LogP contribution < -0.4 is 0 Å². The van der Waals surface area contributed by atoms with Gasteiger partial charge in [0, 0.05) is 13.1 Å². The molecule has 0 fully saturated rings. The molecule has 0 amide bonds. The Morgan fingerprint density at radius 1 is 1.50 bits per heavy atom. The molecule has 0 bridgehead atoms. The molecule has 0 unspecified atom stereocenters. The van der Waals surface area contributed by atoms with Crippen molar-refractivity contribution < 1.29 is 0 Å². The lowest BCUT2D eigenvalue weighted by atomic mass is 10.4. The predicted molar refractivity (Wildman–Crippen MR) is 40.1 cm³/mol. The van der Waals surface area contributed by atoms with Crippen LogP contribution >= 0.6 is 12.2 Å². The summed E-state index contributed by atoms with van der Waals surface area (Å²) in [6, 6.07) is 0. The summed E-state index contributed by atoms with van der Waals surface area (Å²) in [5.74, 6) is 0. The Balaban J connectivity index is 3.21. The second kappa shape index (κ2) is 5.04. The lowest BCUT2D eigenvalue weighted by Crippen LogP contribution is -2.20. The standard InChI is InChI=1S/C6H12NS/c1-3-5-7(4-2)6-8/h3-5H2,1-2H3. The van der Waals surface area contributed by atoms with Gasteiger partial charge in [-0.2, -0.15) is 0 Å². The number of rotatable bonds is 4.